The van der Waals surface area contributed by atoms with E-state index in [1.165, 1.54) is 0 Å². The van der Waals surface area contributed by atoms with Gasteiger partial charge < -0.3 is 10.6 Å². The van der Waals surface area contributed by atoms with E-state index in [2.05, 4.69) is 48.4 Å². The lowest BCUT2D eigenvalue weighted by Crippen LogP contribution is -2.39. The summed E-state index contributed by atoms with van der Waals surface area (Å²) in [6.07, 6.45) is 6.16. The van der Waals surface area contributed by atoms with E-state index in [9.17, 15) is 4.79 Å². The Morgan fingerprint density at radius 3 is 2.80 bits per heavy atom. The standard InChI is InChI=1S/C19H27N5O/c1-5-13(6-2)22-18(25)14-12-21-24-17(14)23-16(11-19(24,3)4)15-9-7-8-10-20-15/h7-10,12-13,16,23H,5-6,11H2,1-4H3,(H,22,25). The molecule has 2 N–H and O–H groups in total. The fraction of sp³-hybridized carbons (Fsp3) is 0.526. The number of amides is 1. The summed E-state index contributed by atoms with van der Waals surface area (Å²) in [6.45, 7) is 8.45. The lowest BCUT2D eigenvalue weighted by molar-refractivity contribution is 0.0935. The molecule has 1 atom stereocenters. The van der Waals surface area contributed by atoms with Crippen molar-refractivity contribution in [2.24, 2.45) is 0 Å². The van der Waals surface area contributed by atoms with Crippen LogP contribution < -0.4 is 10.6 Å². The summed E-state index contributed by atoms with van der Waals surface area (Å²) >= 11 is 0. The third-order valence-corrected chi connectivity index (χ3v) is 4.97. The molecule has 2 aromatic heterocycles. The van der Waals surface area contributed by atoms with Crippen LogP contribution in [0.25, 0.3) is 0 Å². The van der Waals surface area contributed by atoms with Gasteiger partial charge in [0.05, 0.1) is 23.5 Å². The van der Waals surface area contributed by atoms with E-state index in [0.29, 0.717) is 5.56 Å². The Bertz CT molecular complexity index is 734. The molecule has 0 spiro atoms. The molecule has 1 aliphatic rings. The van der Waals surface area contributed by atoms with E-state index in [1.807, 2.05) is 22.9 Å². The number of nitrogens with one attached hydrogen (secondary N) is 2. The third-order valence-electron chi connectivity index (χ3n) is 4.97. The van der Waals surface area contributed by atoms with Gasteiger partial charge in [-0.3, -0.25) is 9.78 Å². The molecule has 0 aliphatic carbocycles. The highest BCUT2D eigenvalue weighted by atomic mass is 16.1. The number of nitrogens with zero attached hydrogens (tertiary/aromatic N) is 3. The van der Waals surface area contributed by atoms with Gasteiger partial charge in [0.2, 0.25) is 0 Å². The predicted octanol–water partition coefficient (Wildman–Crippen LogP) is 3.49. The molecule has 2 aromatic rings. The smallest absolute Gasteiger partial charge is 0.256 e. The van der Waals surface area contributed by atoms with Crippen molar-refractivity contribution in [3.05, 3.63) is 41.9 Å². The van der Waals surface area contributed by atoms with Gasteiger partial charge >= 0.3 is 0 Å². The maximum atomic E-state index is 12.7. The zero-order chi connectivity index (χ0) is 18.0. The topological polar surface area (TPSA) is 71.8 Å². The summed E-state index contributed by atoms with van der Waals surface area (Å²) in [4.78, 5) is 17.2. The molecule has 6 heteroatoms. The van der Waals surface area contributed by atoms with Crippen molar-refractivity contribution < 1.29 is 4.79 Å². The maximum absolute atomic E-state index is 12.7. The zero-order valence-corrected chi connectivity index (χ0v) is 15.4. The van der Waals surface area contributed by atoms with Crippen LogP contribution in [0.5, 0.6) is 0 Å². The Labute approximate surface area is 149 Å². The first-order valence-corrected chi connectivity index (χ1v) is 9.03. The van der Waals surface area contributed by atoms with Crippen molar-refractivity contribution in [1.82, 2.24) is 20.1 Å². The van der Waals surface area contributed by atoms with E-state index in [-0.39, 0.29) is 23.5 Å². The number of aromatic nitrogens is 3. The average molecular weight is 341 g/mol. The van der Waals surface area contributed by atoms with Crippen LogP contribution in [0.1, 0.15) is 69.1 Å². The maximum Gasteiger partial charge on any atom is 0.256 e. The molecule has 0 bridgehead atoms. The molecule has 3 heterocycles. The summed E-state index contributed by atoms with van der Waals surface area (Å²) in [7, 11) is 0. The van der Waals surface area contributed by atoms with Crippen molar-refractivity contribution in [1.29, 1.82) is 0 Å². The Balaban J connectivity index is 1.92. The number of carbonyl (C=O) groups excluding carboxylic acids is 1. The van der Waals surface area contributed by atoms with Gasteiger partial charge in [-0.25, -0.2) is 4.68 Å². The first-order valence-electron chi connectivity index (χ1n) is 9.03. The quantitative estimate of drug-likeness (QED) is 0.873. The van der Waals surface area contributed by atoms with Crippen LogP contribution in [-0.2, 0) is 5.54 Å². The summed E-state index contributed by atoms with van der Waals surface area (Å²) in [5.74, 6) is 0.704. The lowest BCUT2D eigenvalue weighted by atomic mass is 9.91. The molecule has 0 aromatic carbocycles. The van der Waals surface area contributed by atoms with Gasteiger partial charge in [-0.1, -0.05) is 19.9 Å². The number of anilines is 1. The van der Waals surface area contributed by atoms with Crippen molar-refractivity contribution in [2.45, 2.75) is 64.6 Å². The van der Waals surface area contributed by atoms with Gasteiger partial charge in [0, 0.05) is 12.2 Å². The summed E-state index contributed by atoms with van der Waals surface area (Å²) in [5.41, 5.74) is 1.38. The van der Waals surface area contributed by atoms with Crippen molar-refractivity contribution >= 4 is 11.7 Å². The second-order valence-electron chi connectivity index (χ2n) is 7.27. The third kappa shape index (κ3) is 3.38. The van der Waals surface area contributed by atoms with Gasteiger partial charge in [-0.2, -0.15) is 5.10 Å². The average Bonchev–Trinajstić information content (AvgIpc) is 3.05. The van der Waals surface area contributed by atoms with Gasteiger partial charge in [0.1, 0.15) is 11.4 Å². The van der Waals surface area contributed by atoms with Crippen LogP contribution in [0.15, 0.2) is 30.6 Å². The highest BCUT2D eigenvalue weighted by molar-refractivity contribution is 5.99. The number of hydrogen-bond acceptors (Lipinski definition) is 4. The Morgan fingerprint density at radius 1 is 1.40 bits per heavy atom. The highest BCUT2D eigenvalue weighted by Gasteiger charge is 2.37. The Morgan fingerprint density at radius 2 is 2.16 bits per heavy atom. The number of carbonyl (C=O) groups is 1. The van der Waals surface area contributed by atoms with E-state index in [1.54, 1.807) is 12.4 Å². The normalized spacial score (nSPS) is 18.5. The summed E-state index contributed by atoms with van der Waals surface area (Å²) < 4.78 is 1.92. The Kier molecular flexibility index (Phi) is 4.79. The molecule has 25 heavy (non-hydrogen) atoms. The minimum Gasteiger partial charge on any atom is -0.361 e. The Hall–Kier alpha value is -2.37. The summed E-state index contributed by atoms with van der Waals surface area (Å²) in [5, 5.41) is 11.1. The van der Waals surface area contributed by atoms with Gasteiger partial charge in [0.25, 0.3) is 5.91 Å². The fourth-order valence-electron chi connectivity index (χ4n) is 3.43. The molecular weight excluding hydrogens is 314 g/mol. The van der Waals surface area contributed by atoms with Crippen LogP contribution in [-0.4, -0.2) is 26.7 Å². The lowest BCUT2D eigenvalue weighted by Gasteiger charge is -2.38. The van der Waals surface area contributed by atoms with Gasteiger partial charge in [-0.15, -0.1) is 0 Å². The largest absolute Gasteiger partial charge is 0.361 e. The van der Waals surface area contributed by atoms with Crippen LogP contribution in [0.2, 0.25) is 0 Å². The first-order chi connectivity index (χ1) is 12.0. The molecule has 3 rings (SSSR count). The molecule has 0 saturated carbocycles. The molecule has 1 unspecified atom stereocenters. The van der Waals surface area contributed by atoms with Crippen LogP contribution in [0, 0.1) is 0 Å². The van der Waals surface area contributed by atoms with Gasteiger partial charge in [-0.05, 0) is 45.2 Å². The zero-order valence-electron chi connectivity index (χ0n) is 15.4. The summed E-state index contributed by atoms with van der Waals surface area (Å²) in [6, 6.07) is 6.16. The number of hydrogen-bond donors (Lipinski definition) is 2. The van der Waals surface area contributed by atoms with Crippen molar-refractivity contribution in [3.63, 3.8) is 0 Å². The molecule has 0 radical (unpaired) electrons. The van der Waals surface area contributed by atoms with E-state index in [0.717, 1.165) is 30.8 Å². The minimum atomic E-state index is -0.198. The van der Waals surface area contributed by atoms with Crippen LogP contribution in [0.4, 0.5) is 5.82 Å². The minimum absolute atomic E-state index is 0.0556. The second kappa shape index (κ2) is 6.86. The number of rotatable bonds is 5. The highest BCUT2D eigenvalue weighted by Crippen LogP contribution is 2.39. The fourth-order valence-corrected chi connectivity index (χ4v) is 3.43. The number of fused-ring (bicyclic) bond motifs is 1. The molecular formula is C19H27N5O. The van der Waals surface area contributed by atoms with Crippen molar-refractivity contribution in [3.8, 4) is 0 Å². The molecule has 0 saturated heterocycles. The van der Waals surface area contributed by atoms with E-state index < -0.39 is 0 Å². The molecule has 1 aliphatic heterocycles. The van der Waals surface area contributed by atoms with E-state index >= 15 is 0 Å². The number of pyridine rings is 1. The molecule has 0 fully saturated rings. The monoisotopic (exact) mass is 341 g/mol. The van der Waals surface area contributed by atoms with Crippen LogP contribution in [0.3, 0.4) is 0 Å². The molecule has 6 nitrogen and oxygen atoms in total. The predicted molar refractivity (Wildman–Crippen MR) is 98.6 cm³/mol. The van der Waals surface area contributed by atoms with Crippen LogP contribution >= 0.6 is 0 Å². The van der Waals surface area contributed by atoms with Gasteiger partial charge in [0.15, 0.2) is 0 Å². The second-order valence-corrected chi connectivity index (χ2v) is 7.27. The first kappa shape index (κ1) is 17.5. The molecule has 134 valence electrons. The van der Waals surface area contributed by atoms with Crippen molar-refractivity contribution in [2.75, 3.05) is 5.32 Å². The van der Waals surface area contributed by atoms with E-state index in [4.69, 9.17) is 0 Å². The molecule has 1 amide bonds. The SMILES string of the molecule is CCC(CC)NC(=O)c1cnn2c1NC(c1ccccn1)CC2(C)C.